The van der Waals surface area contributed by atoms with Crippen LogP contribution >= 0.6 is 0 Å². The number of ether oxygens (including phenoxy) is 1. The van der Waals surface area contributed by atoms with Crippen LogP contribution in [0.3, 0.4) is 0 Å². The fraction of sp³-hybridized carbons (Fsp3) is 0.267. The predicted molar refractivity (Wildman–Crippen MR) is 145 cm³/mol. The molecule has 6 nitrogen and oxygen atoms in total. The number of likely N-dealkylation sites (tertiary alicyclic amines) is 1. The summed E-state index contributed by atoms with van der Waals surface area (Å²) in [6.07, 6.45) is 2.85. The van der Waals surface area contributed by atoms with Crippen molar-refractivity contribution in [2.45, 2.75) is 18.8 Å². The molecule has 1 fully saturated rings. The summed E-state index contributed by atoms with van der Waals surface area (Å²) in [5.41, 5.74) is 2.67. The molecule has 0 atom stereocenters. The van der Waals surface area contributed by atoms with Crippen LogP contribution in [-0.2, 0) is 0 Å². The Bertz CT molecular complexity index is 1490. The fourth-order valence-electron chi connectivity index (χ4n) is 5.31. The highest BCUT2D eigenvalue weighted by atomic mass is 19.1. The third-order valence-electron chi connectivity index (χ3n) is 7.38. The molecule has 0 unspecified atom stereocenters. The molecule has 0 amide bonds. The maximum Gasteiger partial charge on any atom is 0.227 e. The van der Waals surface area contributed by atoms with Crippen LogP contribution in [0.15, 0.2) is 66.9 Å². The van der Waals surface area contributed by atoms with Gasteiger partial charge in [0.2, 0.25) is 5.95 Å². The van der Waals surface area contributed by atoms with Crippen LogP contribution < -0.4 is 15.0 Å². The third kappa shape index (κ3) is 5.14. The van der Waals surface area contributed by atoms with E-state index >= 15 is 8.78 Å². The molecule has 9 heteroatoms. The molecule has 2 aliphatic heterocycles. The lowest BCUT2D eigenvalue weighted by molar-refractivity contribution is 0.253. The SMILES string of the molecule is CN1CCC(c2ccc(Nc3ncc(F)c(-c4cc(F)c5c(c4)N(c4ccccc4)CCO5)n3)cc2F)CC1. The lowest BCUT2D eigenvalue weighted by atomic mass is 9.89. The molecule has 2 aliphatic rings. The summed E-state index contributed by atoms with van der Waals surface area (Å²) in [5, 5.41) is 2.96. The van der Waals surface area contributed by atoms with Gasteiger partial charge < -0.3 is 19.9 Å². The number of aromatic nitrogens is 2. The Balaban J connectivity index is 1.29. The lowest BCUT2D eigenvalue weighted by Gasteiger charge is -2.32. The van der Waals surface area contributed by atoms with Crippen molar-refractivity contribution >= 4 is 23.0 Å². The number of hydrogen-bond donors (Lipinski definition) is 1. The van der Waals surface area contributed by atoms with E-state index in [9.17, 15) is 4.39 Å². The van der Waals surface area contributed by atoms with E-state index in [2.05, 4.69) is 27.2 Å². The zero-order valence-corrected chi connectivity index (χ0v) is 21.5. The molecule has 1 N–H and O–H groups in total. The maximum absolute atomic E-state index is 15.2. The molecule has 1 aromatic heterocycles. The van der Waals surface area contributed by atoms with Crippen LogP contribution in [0.4, 0.5) is 36.2 Å². The van der Waals surface area contributed by atoms with Gasteiger partial charge >= 0.3 is 0 Å². The first kappa shape index (κ1) is 25.2. The van der Waals surface area contributed by atoms with Crippen molar-refractivity contribution < 1.29 is 17.9 Å². The average molecular weight is 532 g/mol. The Morgan fingerprint density at radius 3 is 2.46 bits per heavy atom. The van der Waals surface area contributed by atoms with Crippen molar-refractivity contribution in [1.82, 2.24) is 14.9 Å². The average Bonchev–Trinajstić information content (AvgIpc) is 2.95. The third-order valence-corrected chi connectivity index (χ3v) is 7.38. The Morgan fingerprint density at radius 1 is 0.897 bits per heavy atom. The van der Waals surface area contributed by atoms with E-state index in [-0.39, 0.29) is 34.7 Å². The van der Waals surface area contributed by atoms with Crippen LogP contribution in [0.2, 0.25) is 0 Å². The van der Waals surface area contributed by atoms with E-state index in [0.717, 1.165) is 37.8 Å². The second kappa shape index (κ2) is 10.6. The van der Waals surface area contributed by atoms with Gasteiger partial charge in [0.25, 0.3) is 0 Å². The van der Waals surface area contributed by atoms with Crippen LogP contribution in [0.5, 0.6) is 5.75 Å². The van der Waals surface area contributed by atoms with Gasteiger partial charge in [0.15, 0.2) is 17.4 Å². The topological polar surface area (TPSA) is 53.5 Å². The Labute approximate surface area is 225 Å². The molecule has 3 aromatic carbocycles. The smallest absolute Gasteiger partial charge is 0.227 e. The monoisotopic (exact) mass is 531 g/mol. The molecule has 0 radical (unpaired) electrons. The first-order chi connectivity index (χ1) is 19.0. The number of piperidine rings is 1. The standard InChI is InChI=1S/C30H28F3N5O/c1-37-11-9-19(10-12-37)23-8-7-21(17-24(23)31)35-30-34-18-26(33)28(36-30)20-15-25(32)29-27(16-20)38(13-14-39-29)22-5-3-2-4-6-22/h2-8,15-19H,9-14H2,1H3,(H,34,35,36). The van der Waals surface area contributed by atoms with Crippen LogP contribution in [0.1, 0.15) is 24.3 Å². The quantitative estimate of drug-likeness (QED) is 0.312. The van der Waals surface area contributed by atoms with Crippen LogP contribution in [-0.4, -0.2) is 48.2 Å². The van der Waals surface area contributed by atoms with Gasteiger partial charge in [-0.15, -0.1) is 0 Å². The molecule has 1 saturated heterocycles. The minimum atomic E-state index is -0.702. The molecule has 3 heterocycles. The summed E-state index contributed by atoms with van der Waals surface area (Å²) >= 11 is 0. The molecule has 6 rings (SSSR count). The second-order valence-corrected chi connectivity index (χ2v) is 9.97. The van der Waals surface area contributed by atoms with Gasteiger partial charge in [0.05, 0.1) is 18.4 Å². The molecular formula is C30H28F3N5O. The van der Waals surface area contributed by atoms with Gasteiger partial charge in [-0.2, -0.15) is 0 Å². The summed E-state index contributed by atoms with van der Waals surface area (Å²) < 4.78 is 50.7. The highest BCUT2D eigenvalue weighted by molar-refractivity contribution is 5.77. The molecular weight excluding hydrogens is 503 g/mol. The minimum Gasteiger partial charge on any atom is -0.486 e. The second-order valence-electron chi connectivity index (χ2n) is 9.97. The molecule has 39 heavy (non-hydrogen) atoms. The van der Waals surface area contributed by atoms with Crippen molar-refractivity contribution in [3.05, 3.63) is 89.9 Å². The van der Waals surface area contributed by atoms with Crippen LogP contribution in [0.25, 0.3) is 11.3 Å². The molecule has 0 aliphatic carbocycles. The van der Waals surface area contributed by atoms with Gasteiger partial charge in [-0.05, 0) is 80.9 Å². The number of halogens is 3. The Kier molecular flexibility index (Phi) is 6.83. The summed E-state index contributed by atoms with van der Waals surface area (Å²) in [7, 11) is 2.07. The normalized spacial score (nSPS) is 16.1. The number of fused-ring (bicyclic) bond motifs is 1. The van der Waals surface area contributed by atoms with Gasteiger partial charge in [0, 0.05) is 16.9 Å². The van der Waals surface area contributed by atoms with Crippen molar-refractivity contribution in [2.75, 3.05) is 43.5 Å². The summed E-state index contributed by atoms with van der Waals surface area (Å²) in [5.74, 6) is -1.24. The van der Waals surface area contributed by atoms with Gasteiger partial charge in [-0.3, -0.25) is 0 Å². The Hall–Kier alpha value is -4.11. The van der Waals surface area contributed by atoms with E-state index in [4.69, 9.17) is 4.74 Å². The molecule has 200 valence electrons. The predicted octanol–water partition coefficient (Wildman–Crippen LogP) is 6.64. The van der Waals surface area contributed by atoms with Crippen LogP contribution in [0, 0.1) is 17.5 Å². The van der Waals surface area contributed by atoms with Gasteiger partial charge in [-0.1, -0.05) is 24.3 Å². The highest BCUT2D eigenvalue weighted by Crippen LogP contribution is 2.41. The zero-order valence-electron chi connectivity index (χ0n) is 21.5. The van der Waals surface area contributed by atoms with E-state index in [1.807, 2.05) is 35.2 Å². The molecule has 0 spiro atoms. The molecule has 0 bridgehead atoms. The number of benzene rings is 3. The molecule has 0 saturated carbocycles. The maximum atomic E-state index is 15.2. The number of anilines is 4. The molecule has 4 aromatic rings. The number of nitrogens with zero attached hydrogens (tertiary/aromatic N) is 4. The highest BCUT2D eigenvalue weighted by Gasteiger charge is 2.26. The van der Waals surface area contributed by atoms with Gasteiger partial charge in [0.1, 0.15) is 18.1 Å². The zero-order chi connectivity index (χ0) is 26.9. The van der Waals surface area contributed by atoms with E-state index in [1.165, 1.54) is 12.1 Å². The van der Waals surface area contributed by atoms with Crippen molar-refractivity contribution in [3.63, 3.8) is 0 Å². The summed E-state index contributed by atoms with van der Waals surface area (Å²) in [6.45, 7) is 2.71. The first-order valence-electron chi connectivity index (χ1n) is 13.0. The number of para-hydroxylation sites is 1. The summed E-state index contributed by atoms with van der Waals surface area (Å²) in [4.78, 5) is 12.5. The van der Waals surface area contributed by atoms with Crippen molar-refractivity contribution in [1.29, 1.82) is 0 Å². The summed E-state index contributed by atoms with van der Waals surface area (Å²) in [6, 6.07) is 17.4. The van der Waals surface area contributed by atoms with E-state index in [1.54, 1.807) is 18.2 Å². The number of rotatable bonds is 5. The first-order valence-corrected chi connectivity index (χ1v) is 13.0. The number of nitrogens with one attached hydrogen (secondary N) is 1. The van der Waals surface area contributed by atoms with E-state index in [0.29, 0.717) is 30.1 Å². The fourth-order valence-corrected chi connectivity index (χ4v) is 5.31. The van der Waals surface area contributed by atoms with Crippen molar-refractivity contribution in [3.8, 4) is 17.0 Å². The largest absolute Gasteiger partial charge is 0.486 e. The Morgan fingerprint density at radius 2 is 1.69 bits per heavy atom. The lowest BCUT2D eigenvalue weighted by Crippen LogP contribution is -2.29. The van der Waals surface area contributed by atoms with Crippen molar-refractivity contribution in [2.24, 2.45) is 0 Å². The van der Waals surface area contributed by atoms with E-state index < -0.39 is 11.6 Å². The minimum absolute atomic E-state index is 0.0730. The van der Waals surface area contributed by atoms with Gasteiger partial charge in [-0.25, -0.2) is 23.1 Å². The number of hydrogen-bond acceptors (Lipinski definition) is 6.